The molecular weight excluding hydrogens is 416 g/mol. The lowest BCUT2D eigenvalue weighted by atomic mass is 10.1. The summed E-state index contributed by atoms with van der Waals surface area (Å²) in [5.41, 5.74) is 5.30. The number of hydrogen-bond donors (Lipinski definition) is 1. The van der Waals surface area contributed by atoms with Crippen molar-refractivity contribution in [3.8, 4) is 17.3 Å². The topological polar surface area (TPSA) is 69.0 Å². The number of amides is 1. The van der Waals surface area contributed by atoms with Gasteiger partial charge in [0.2, 0.25) is 5.91 Å². The van der Waals surface area contributed by atoms with Gasteiger partial charge in [0.1, 0.15) is 21.8 Å². The summed E-state index contributed by atoms with van der Waals surface area (Å²) in [5, 5.41) is 14.0. The normalized spacial score (nSPS) is 11.2. The van der Waals surface area contributed by atoms with Gasteiger partial charge in [-0.3, -0.25) is 4.79 Å². The molecular formula is C26H28N4OS. The minimum Gasteiger partial charge on any atom is -0.372 e. The quantitative estimate of drug-likeness (QED) is 0.409. The molecule has 0 spiro atoms. The molecule has 0 radical (unpaired) electrons. The molecule has 1 heterocycles. The van der Waals surface area contributed by atoms with E-state index in [-0.39, 0.29) is 5.91 Å². The Labute approximate surface area is 194 Å². The molecule has 3 rings (SSSR count). The number of nitrogens with one attached hydrogen (secondary N) is 1. The molecule has 1 N–H and O–H groups in total. The molecule has 0 unspecified atom stereocenters. The Bertz CT molecular complexity index is 1130. The second-order valence-electron chi connectivity index (χ2n) is 7.40. The molecule has 0 bridgehead atoms. The average Bonchev–Trinajstić information content (AvgIpc) is 3.23. The first-order valence-electron chi connectivity index (χ1n) is 10.8. The van der Waals surface area contributed by atoms with Crippen LogP contribution in [0.1, 0.15) is 43.3 Å². The van der Waals surface area contributed by atoms with Crippen LogP contribution in [0.2, 0.25) is 0 Å². The van der Waals surface area contributed by atoms with Gasteiger partial charge in [-0.25, -0.2) is 4.98 Å². The van der Waals surface area contributed by atoms with Crippen LogP contribution in [0, 0.1) is 18.3 Å². The summed E-state index contributed by atoms with van der Waals surface area (Å²) in [4.78, 5) is 19.1. The Kier molecular flexibility index (Phi) is 7.80. The lowest BCUT2D eigenvalue weighted by molar-refractivity contribution is -0.115. The summed E-state index contributed by atoms with van der Waals surface area (Å²) in [6, 6.07) is 18.4. The van der Waals surface area contributed by atoms with Crippen LogP contribution >= 0.6 is 11.3 Å². The number of rotatable bonds is 8. The summed E-state index contributed by atoms with van der Waals surface area (Å²) >= 11 is 1.33. The van der Waals surface area contributed by atoms with Crippen LogP contribution in [0.25, 0.3) is 22.9 Å². The largest absolute Gasteiger partial charge is 0.372 e. The molecule has 0 aliphatic rings. The van der Waals surface area contributed by atoms with Gasteiger partial charge in [0.15, 0.2) is 0 Å². The summed E-state index contributed by atoms with van der Waals surface area (Å²) in [7, 11) is 0. The Balaban J connectivity index is 1.99. The van der Waals surface area contributed by atoms with Crippen LogP contribution in [0.4, 0.5) is 10.7 Å². The fourth-order valence-electron chi connectivity index (χ4n) is 3.32. The van der Waals surface area contributed by atoms with E-state index in [1.807, 2.05) is 56.3 Å². The zero-order valence-corrected chi connectivity index (χ0v) is 19.8. The summed E-state index contributed by atoms with van der Waals surface area (Å²) in [5.74, 6) is -0.0805. The van der Waals surface area contributed by atoms with Crippen LogP contribution in [0.3, 0.4) is 0 Å². The number of aryl methyl sites for hydroxylation is 1. The van der Waals surface area contributed by atoms with E-state index in [1.165, 1.54) is 11.3 Å². The van der Waals surface area contributed by atoms with Gasteiger partial charge in [-0.15, -0.1) is 0 Å². The van der Waals surface area contributed by atoms with Crippen molar-refractivity contribution in [1.82, 2.24) is 4.98 Å². The average molecular weight is 445 g/mol. The lowest BCUT2D eigenvalue weighted by Crippen LogP contribution is -2.21. The van der Waals surface area contributed by atoms with Crippen molar-refractivity contribution in [3.63, 3.8) is 0 Å². The summed E-state index contributed by atoms with van der Waals surface area (Å²) < 4.78 is 0. The molecule has 6 heteroatoms. The Morgan fingerprint density at radius 3 is 2.31 bits per heavy atom. The van der Waals surface area contributed by atoms with Gasteiger partial charge in [-0.2, -0.15) is 5.26 Å². The molecule has 1 aromatic heterocycles. The fraction of sp³-hybridized carbons (Fsp3) is 0.269. The predicted octanol–water partition coefficient (Wildman–Crippen LogP) is 6.38. The van der Waals surface area contributed by atoms with E-state index in [0.29, 0.717) is 27.7 Å². The van der Waals surface area contributed by atoms with E-state index in [1.54, 1.807) is 0 Å². The van der Waals surface area contributed by atoms with Gasteiger partial charge >= 0.3 is 0 Å². The highest BCUT2D eigenvalue weighted by Gasteiger charge is 2.17. The monoisotopic (exact) mass is 444 g/mol. The minimum absolute atomic E-state index is 0.0805. The van der Waals surface area contributed by atoms with Crippen molar-refractivity contribution in [1.29, 1.82) is 5.26 Å². The maximum atomic E-state index is 12.1. The van der Waals surface area contributed by atoms with E-state index in [2.05, 4.69) is 42.3 Å². The van der Waals surface area contributed by atoms with Gasteiger partial charge in [-0.1, -0.05) is 60.2 Å². The SMILES string of the molecule is CCC(=O)Nc1sc(/C(C#N)=C/c2ccc(N(CC)CC)cc2)nc1-c1ccc(C)cc1. The van der Waals surface area contributed by atoms with E-state index in [9.17, 15) is 10.1 Å². The predicted molar refractivity (Wildman–Crippen MR) is 135 cm³/mol. The Morgan fingerprint density at radius 1 is 1.09 bits per heavy atom. The van der Waals surface area contributed by atoms with Crippen molar-refractivity contribution in [3.05, 3.63) is 64.7 Å². The maximum Gasteiger partial charge on any atom is 0.224 e. The van der Waals surface area contributed by atoms with Crippen molar-refractivity contribution in [2.24, 2.45) is 0 Å². The molecule has 5 nitrogen and oxygen atoms in total. The standard InChI is InChI=1S/C26H28N4OS/c1-5-23(31)28-26-24(20-12-8-18(4)9-13-20)29-25(32-26)21(17-27)16-19-10-14-22(15-11-19)30(6-2)7-3/h8-16H,5-7H2,1-4H3,(H,28,31)/b21-16+. The first kappa shape index (κ1) is 23.2. The lowest BCUT2D eigenvalue weighted by Gasteiger charge is -2.20. The zero-order chi connectivity index (χ0) is 23.1. The van der Waals surface area contributed by atoms with Crippen molar-refractivity contribution in [2.75, 3.05) is 23.3 Å². The van der Waals surface area contributed by atoms with Gasteiger partial charge in [0.25, 0.3) is 0 Å². The number of anilines is 2. The number of carbonyl (C=O) groups excluding carboxylic acids is 1. The third-order valence-electron chi connectivity index (χ3n) is 5.21. The number of allylic oxidation sites excluding steroid dienone is 1. The minimum atomic E-state index is -0.0805. The summed E-state index contributed by atoms with van der Waals surface area (Å²) in [6.45, 7) is 10.00. The molecule has 3 aromatic rings. The first-order valence-corrected chi connectivity index (χ1v) is 11.7. The van der Waals surface area contributed by atoms with Crippen LogP contribution in [-0.4, -0.2) is 24.0 Å². The second kappa shape index (κ2) is 10.7. The van der Waals surface area contributed by atoms with Crippen LogP contribution in [0.5, 0.6) is 0 Å². The highest BCUT2D eigenvalue weighted by atomic mass is 32.1. The molecule has 1 amide bonds. The van der Waals surface area contributed by atoms with Gasteiger partial charge in [0, 0.05) is 30.8 Å². The van der Waals surface area contributed by atoms with E-state index in [4.69, 9.17) is 4.98 Å². The molecule has 0 saturated carbocycles. The van der Waals surface area contributed by atoms with E-state index >= 15 is 0 Å². The molecule has 0 atom stereocenters. The number of aromatic nitrogens is 1. The number of hydrogen-bond acceptors (Lipinski definition) is 5. The molecule has 0 fully saturated rings. The molecule has 2 aromatic carbocycles. The number of benzene rings is 2. The van der Waals surface area contributed by atoms with Crippen LogP contribution < -0.4 is 10.2 Å². The maximum absolute atomic E-state index is 12.1. The molecule has 0 saturated heterocycles. The highest BCUT2D eigenvalue weighted by molar-refractivity contribution is 7.17. The fourth-order valence-corrected chi connectivity index (χ4v) is 4.29. The van der Waals surface area contributed by atoms with Crippen molar-refractivity contribution >= 4 is 39.6 Å². The zero-order valence-electron chi connectivity index (χ0n) is 19.0. The van der Waals surface area contributed by atoms with Gasteiger partial charge < -0.3 is 10.2 Å². The van der Waals surface area contributed by atoms with E-state index in [0.717, 1.165) is 35.5 Å². The summed E-state index contributed by atoms with van der Waals surface area (Å²) in [6.07, 6.45) is 2.22. The smallest absolute Gasteiger partial charge is 0.224 e. The Hall–Kier alpha value is -3.43. The third-order valence-corrected chi connectivity index (χ3v) is 6.21. The molecule has 32 heavy (non-hydrogen) atoms. The molecule has 0 aliphatic heterocycles. The van der Waals surface area contributed by atoms with Gasteiger partial charge in [-0.05, 0) is 44.5 Å². The molecule has 0 aliphatic carbocycles. The van der Waals surface area contributed by atoms with E-state index < -0.39 is 0 Å². The highest BCUT2D eigenvalue weighted by Crippen LogP contribution is 2.36. The number of nitrogens with zero attached hydrogens (tertiary/aromatic N) is 3. The first-order chi connectivity index (χ1) is 15.5. The second-order valence-corrected chi connectivity index (χ2v) is 8.40. The van der Waals surface area contributed by atoms with Crippen molar-refractivity contribution < 1.29 is 4.79 Å². The number of carbonyl (C=O) groups is 1. The number of thiazole rings is 1. The van der Waals surface area contributed by atoms with Crippen molar-refractivity contribution in [2.45, 2.75) is 34.1 Å². The Morgan fingerprint density at radius 2 is 1.75 bits per heavy atom. The molecule has 164 valence electrons. The number of nitriles is 1. The van der Waals surface area contributed by atoms with Gasteiger partial charge in [0.05, 0.1) is 5.57 Å². The third kappa shape index (κ3) is 5.43. The van der Waals surface area contributed by atoms with Crippen LogP contribution in [-0.2, 0) is 4.79 Å². The van der Waals surface area contributed by atoms with Crippen LogP contribution in [0.15, 0.2) is 48.5 Å².